The van der Waals surface area contributed by atoms with E-state index in [1.807, 2.05) is 0 Å². The van der Waals surface area contributed by atoms with Crippen molar-refractivity contribution in [1.29, 1.82) is 0 Å². The zero-order chi connectivity index (χ0) is 9.97. The summed E-state index contributed by atoms with van der Waals surface area (Å²) in [6, 6.07) is 0. The Bertz CT molecular complexity index is 287. The van der Waals surface area contributed by atoms with E-state index in [0.717, 1.165) is 24.8 Å². The van der Waals surface area contributed by atoms with Crippen molar-refractivity contribution in [2.75, 3.05) is 23.7 Å². The first-order valence-corrected chi connectivity index (χ1v) is 5.08. The van der Waals surface area contributed by atoms with Gasteiger partial charge in [-0.2, -0.15) is 0 Å². The van der Waals surface area contributed by atoms with Crippen molar-refractivity contribution in [1.82, 2.24) is 9.97 Å². The third kappa shape index (κ3) is 1.95. The summed E-state index contributed by atoms with van der Waals surface area (Å²) >= 11 is 0. The Labute approximate surface area is 84.2 Å². The van der Waals surface area contributed by atoms with Gasteiger partial charge in [-0.05, 0) is 18.8 Å². The summed E-state index contributed by atoms with van der Waals surface area (Å²) in [5, 5.41) is 0. The van der Waals surface area contributed by atoms with Crippen LogP contribution in [0.5, 0.6) is 0 Å². The summed E-state index contributed by atoms with van der Waals surface area (Å²) in [4.78, 5) is 10.6. The van der Waals surface area contributed by atoms with Crippen LogP contribution >= 0.6 is 0 Å². The molecule has 2 rings (SSSR count). The summed E-state index contributed by atoms with van der Waals surface area (Å²) in [5.41, 5.74) is 5.49. The van der Waals surface area contributed by atoms with E-state index in [1.54, 1.807) is 12.4 Å². The van der Waals surface area contributed by atoms with Crippen LogP contribution in [0.4, 0.5) is 11.6 Å². The maximum atomic E-state index is 5.49. The molecule has 1 aromatic rings. The minimum atomic E-state index is 0.485. The first-order chi connectivity index (χ1) is 6.75. The Hall–Kier alpha value is -1.32. The molecule has 4 heteroatoms. The van der Waals surface area contributed by atoms with Gasteiger partial charge in [-0.25, -0.2) is 9.97 Å². The average Bonchev–Trinajstić information content (AvgIpc) is 2.21. The van der Waals surface area contributed by atoms with Crippen LogP contribution in [0.1, 0.15) is 19.8 Å². The van der Waals surface area contributed by atoms with E-state index in [2.05, 4.69) is 21.8 Å². The van der Waals surface area contributed by atoms with E-state index in [-0.39, 0.29) is 0 Å². The van der Waals surface area contributed by atoms with Crippen LogP contribution in [0.3, 0.4) is 0 Å². The molecule has 1 saturated heterocycles. The Morgan fingerprint density at radius 3 is 2.57 bits per heavy atom. The lowest BCUT2D eigenvalue weighted by atomic mass is 9.99. The molecule has 14 heavy (non-hydrogen) atoms. The van der Waals surface area contributed by atoms with E-state index in [1.165, 1.54) is 12.8 Å². The van der Waals surface area contributed by atoms with Crippen LogP contribution in [-0.4, -0.2) is 23.1 Å². The monoisotopic (exact) mass is 192 g/mol. The summed E-state index contributed by atoms with van der Waals surface area (Å²) in [6.45, 7) is 4.46. The van der Waals surface area contributed by atoms with Gasteiger partial charge in [0.2, 0.25) is 0 Å². The van der Waals surface area contributed by atoms with Crippen molar-refractivity contribution >= 4 is 11.6 Å². The standard InChI is InChI=1S/C10H16N4/c1-8-2-4-14(5-3-8)10-7-12-9(11)6-13-10/h6-8H,2-5H2,1H3,(H2,11,12). The zero-order valence-electron chi connectivity index (χ0n) is 8.48. The summed E-state index contributed by atoms with van der Waals surface area (Å²) in [6.07, 6.45) is 5.86. The van der Waals surface area contributed by atoms with E-state index < -0.39 is 0 Å². The third-order valence-corrected chi connectivity index (χ3v) is 2.77. The van der Waals surface area contributed by atoms with Crippen molar-refractivity contribution in [3.8, 4) is 0 Å². The molecule has 1 aliphatic rings. The Morgan fingerprint density at radius 2 is 2.00 bits per heavy atom. The summed E-state index contributed by atoms with van der Waals surface area (Å²) in [5.74, 6) is 2.28. The minimum absolute atomic E-state index is 0.485. The smallest absolute Gasteiger partial charge is 0.147 e. The number of rotatable bonds is 1. The molecule has 4 nitrogen and oxygen atoms in total. The number of nitrogen functional groups attached to an aromatic ring is 1. The number of anilines is 2. The van der Waals surface area contributed by atoms with Crippen LogP contribution in [0.2, 0.25) is 0 Å². The molecule has 2 N–H and O–H groups in total. The summed E-state index contributed by atoms with van der Waals surface area (Å²) < 4.78 is 0. The van der Waals surface area contributed by atoms with Crippen molar-refractivity contribution in [2.45, 2.75) is 19.8 Å². The second-order valence-corrected chi connectivity index (χ2v) is 3.97. The number of nitrogens with zero attached hydrogens (tertiary/aromatic N) is 3. The molecule has 0 spiro atoms. The van der Waals surface area contributed by atoms with Gasteiger partial charge in [0.05, 0.1) is 12.4 Å². The molecule has 0 aliphatic carbocycles. The molecule has 0 radical (unpaired) electrons. The van der Waals surface area contributed by atoms with Gasteiger partial charge < -0.3 is 10.6 Å². The highest BCUT2D eigenvalue weighted by Gasteiger charge is 2.16. The predicted molar refractivity (Wildman–Crippen MR) is 57.1 cm³/mol. The topological polar surface area (TPSA) is 55.0 Å². The maximum Gasteiger partial charge on any atom is 0.147 e. The molecule has 0 unspecified atom stereocenters. The van der Waals surface area contributed by atoms with Crippen LogP contribution in [0.15, 0.2) is 12.4 Å². The normalized spacial score (nSPS) is 18.5. The highest BCUT2D eigenvalue weighted by molar-refractivity contribution is 5.39. The molecule has 0 aromatic carbocycles. The highest BCUT2D eigenvalue weighted by Crippen LogP contribution is 2.20. The quantitative estimate of drug-likeness (QED) is 0.728. The molecular weight excluding hydrogens is 176 g/mol. The van der Waals surface area contributed by atoms with Gasteiger partial charge in [0.25, 0.3) is 0 Å². The molecule has 1 fully saturated rings. The molecule has 0 amide bonds. The molecule has 0 saturated carbocycles. The van der Waals surface area contributed by atoms with Crippen molar-refractivity contribution in [3.63, 3.8) is 0 Å². The molecule has 0 atom stereocenters. The van der Waals surface area contributed by atoms with Gasteiger partial charge in [-0.3, -0.25) is 0 Å². The van der Waals surface area contributed by atoms with Gasteiger partial charge in [-0.1, -0.05) is 6.92 Å². The van der Waals surface area contributed by atoms with Gasteiger partial charge in [-0.15, -0.1) is 0 Å². The second kappa shape index (κ2) is 3.82. The van der Waals surface area contributed by atoms with Crippen molar-refractivity contribution in [2.24, 2.45) is 5.92 Å². The molecule has 2 heterocycles. The van der Waals surface area contributed by atoms with Gasteiger partial charge in [0.15, 0.2) is 0 Å². The average molecular weight is 192 g/mol. The molecule has 76 valence electrons. The van der Waals surface area contributed by atoms with Crippen LogP contribution in [-0.2, 0) is 0 Å². The fraction of sp³-hybridized carbons (Fsp3) is 0.600. The van der Waals surface area contributed by atoms with Crippen molar-refractivity contribution in [3.05, 3.63) is 12.4 Å². The van der Waals surface area contributed by atoms with Gasteiger partial charge in [0.1, 0.15) is 11.6 Å². The Kier molecular flexibility index (Phi) is 2.52. The lowest BCUT2D eigenvalue weighted by Gasteiger charge is -2.30. The maximum absolute atomic E-state index is 5.49. The van der Waals surface area contributed by atoms with Crippen LogP contribution in [0.25, 0.3) is 0 Å². The molecular formula is C10H16N4. The first kappa shape index (κ1) is 9.24. The van der Waals surface area contributed by atoms with E-state index in [9.17, 15) is 0 Å². The Balaban J connectivity index is 2.05. The fourth-order valence-corrected chi connectivity index (χ4v) is 1.73. The number of hydrogen-bond donors (Lipinski definition) is 1. The first-order valence-electron chi connectivity index (χ1n) is 5.08. The molecule has 0 bridgehead atoms. The van der Waals surface area contributed by atoms with Gasteiger partial charge >= 0.3 is 0 Å². The van der Waals surface area contributed by atoms with E-state index >= 15 is 0 Å². The second-order valence-electron chi connectivity index (χ2n) is 3.97. The van der Waals surface area contributed by atoms with Crippen molar-refractivity contribution < 1.29 is 0 Å². The van der Waals surface area contributed by atoms with Gasteiger partial charge in [0, 0.05) is 13.1 Å². The SMILES string of the molecule is CC1CCN(c2cnc(N)cn2)CC1. The Morgan fingerprint density at radius 1 is 1.29 bits per heavy atom. The highest BCUT2D eigenvalue weighted by atomic mass is 15.2. The van der Waals surface area contributed by atoms with Crippen LogP contribution < -0.4 is 10.6 Å². The number of piperidine rings is 1. The summed E-state index contributed by atoms with van der Waals surface area (Å²) in [7, 11) is 0. The number of nitrogens with two attached hydrogens (primary N) is 1. The molecule has 1 aromatic heterocycles. The largest absolute Gasteiger partial charge is 0.382 e. The third-order valence-electron chi connectivity index (χ3n) is 2.77. The predicted octanol–water partition coefficient (Wildman–Crippen LogP) is 1.30. The number of aromatic nitrogens is 2. The molecule has 1 aliphatic heterocycles. The lowest BCUT2D eigenvalue weighted by molar-refractivity contribution is 0.436. The van der Waals surface area contributed by atoms with E-state index in [0.29, 0.717) is 5.82 Å². The zero-order valence-corrected chi connectivity index (χ0v) is 8.48. The number of hydrogen-bond acceptors (Lipinski definition) is 4. The van der Waals surface area contributed by atoms with Crippen LogP contribution in [0, 0.1) is 5.92 Å². The lowest BCUT2D eigenvalue weighted by Crippen LogP contribution is -2.33. The fourth-order valence-electron chi connectivity index (χ4n) is 1.73. The minimum Gasteiger partial charge on any atom is -0.382 e. The van der Waals surface area contributed by atoms with E-state index in [4.69, 9.17) is 5.73 Å².